The molecule has 1 unspecified atom stereocenters. The zero-order chi connectivity index (χ0) is 18.6. The second-order valence-electron chi connectivity index (χ2n) is 7.04. The van der Waals surface area contributed by atoms with Gasteiger partial charge in [0, 0.05) is 7.77 Å². The van der Waals surface area contributed by atoms with Gasteiger partial charge in [-0.3, -0.25) is 4.79 Å². The van der Waals surface area contributed by atoms with E-state index in [9.17, 15) is 4.79 Å². The minimum Gasteiger partial charge on any atom is -0.370 e. The van der Waals surface area contributed by atoms with Gasteiger partial charge in [-0.2, -0.15) is 0 Å². The molecule has 1 amide bonds. The second-order valence-corrected chi connectivity index (χ2v) is 7.04. The Balaban J connectivity index is 3.13. The first-order valence-corrected chi connectivity index (χ1v) is 10.5. The van der Waals surface area contributed by atoms with Crippen molar-refractivity contribution >= 4 is 5.91 Å². The van der Waals surface area contributed by atoms with Gasteiger partial charge in [0.2, 0.25) is 5.91 Å². The third kappa shape index (κ3) is 21.2. The average molecular weight is 339 g/mol. The molecule has 0 heterocycles. The minimum absolute atomic E-state index is 0.485. The monoisotopic (exact) mass is 338 g/mol. The molecule has 0 rings (SSSR count). The molecule has 0 aromatic carbocycles. The van der Waals surface area contributed by atoms with Crippen LogP contribution in [0, 0.1) is 0 Å². The highest BCUT2D eigenvalue weighted by Gasteiger charge is 1.95. The van der Waals surface area contributed by atoms with Crippen LogP contribution in [0.2, 0.25) is 0 Å². The van der Waals surface area contributed by atoms with Crippen LogP contribution < -0.4 is 5.73 Å². The lowest BCUT2D eigenvalue weighted by molar-refractivity contribution is -0.118. The molecule has 2 nitrogen and oxygen atoms in total. The zero-order valence-corrected chi connectivity index (χ0v) is 16.2. The van der Waals surface area contributed by atoms with Crippen molar-refractivity contribution in [3.05, 3.63) is 12.2 Å². The fourth-order valence-corrected chi connectivity index (χ4v) is 2.99. The number of allylic oxidation sites excluding steroid dienone is 2. The summed E-state index contributed by atoms with van der Waals surface area (Å²) in [4.78, 5) is 10.7. The van der Waals surface area contributed by atoms with E-state index in [1.54, 1.807) is 0 Å². The normalized spacial score (nSPS) is 13.3. The summed E-state index contributed by atoms with van der Waals surface area (Å²) in [5.74, 6) is -0.485. The maximum Gasteiger partial charge on any atom is 0.217 e. The van der Waals surface area contributed by atoms with Gasteiger partial charge < -0.3 is 5.73 Å². The van der Waals surface area contributed by atoms with Gasteiger partial charge in [-0.05, 0) is 32.1 Å². The number of primary amides is 1. The molecule has 0 fully saturated rings. The van der Waals surface area contributed by atoms with E-state index in [-0.39, 0.29) is 0 Å². The summed E-state index contributed by atoms with van der Waals surface area (Å²) in [6, 6.07) is 0. The summed E-state index contributed by atoms with van der Waals surface area (Å²) in [7, 11) is 0. The van der Waals surface area contributed by atoms with Crippen LogP contribution in [0.1, 0.15) is 124 Å². The van der Waals surface area contributed by atoms with Crippen LogP contribution in [-0.4, -0.2) is 5.91 Å². The molecule has 0 aromatic rings. The van der Waals surface area contributed by atoms with E-state index in [0.29, 0.717) is 6.42 Å². The SMILES string of the molecule is [2H]C(CCCCCCCCCC/C=C\CCCCCCCC)C(N)=O. The van der Waals surface area contributed by atoms with Crippen molar-refractivity contribution < 1.29 is 6.17 Å². The molecule has 0 bridgehead atoms. The predicted molar refractivity (Wildman–Crippen MR) is 107 cm³/mol. The van der Waals surface area contributed by atoms with Gasteiger partial charge in [-0.15, -0.1) is 0 Å². The maximum atomic E-state index is 10.7. The molecule has 0 aliphatic carbocycles. The molecular formula is C22H43NO. The van der Waals surface area contributed by atoms with Crippen molar-refractivity contribution in [2.24, 2.45) is 5.73 Å². The molecule has 0 saturated heterocycles. The molecule has 0 aliphatic heterocycles. The number of hydrogen-bond acceptors (Lipinski definition) is 1. The van der Waals surface area contributed by atoms with Crippen molar-refractivity contribution in [3.63, 3.8) is 0 Å². The molecule has 0 saturated carbocycles. The van der Waals surface area contributed by atoms with Crippen LogP contribution in [0.25, 0.3) is 0 Å². The molecule has 0 aliphatic rings. The van der Waals surface area contributed by atoms with E-state index in [4.69, 9.17) is 7.10 Å². The van der Waals surface area contributed by atoms with Crippen LogP contribution in [-0.2, 0) is 4.79 Å². The molecule has 24 heavy (non-hydrogen) atoms. The molecule has 142 valence electrons. The van der Waals surface area contributed by atoms with Gasteiger partial charge >= 0.3 is 0 Å². The first-order valence-electron chi connectivity index (χ1n) is 11.1. The first-order chi connectivity index (χ1) is 12.2. The lowest BCUT2D eigenvalue weighted by Crippen LogP contribution is -2.09. The number of nitrogens with two attached hydrogens (primary N) is 1. The summed E-state index contributed by atoms with van der Waals surface area (Å²) in [6.45, 7) is 2.27. The first kappa shape index (κ1) is 21.3. The zero-order valence-electron chi connectivity index (χ0n) is 17.2. The molecule has 1 atom stereocenters. The molecule has 2 N–H and O–H groups in total. The fraction of sp³-hybridized carbons (Fsp3) is 0.864. The minimum atomic E-state index is -0.700. The Morgan fingerprint density at radius 3 is 1.50 bits per heavy atom. The Morgan fingerprint density at radius 2 is 1.08 bits per heavy atom. The van der Waals surface area contributed by atoms with Gasteiger partial charge in [0.15, 0.2) is 0 Å². The Bertz CT molecular complexity index is 317. The topological polar surface area (TPSA) is 43.1 Å². The second kappa shape index (κ2) is 20.3. The third-order valence-corrected chi connectivity index (χ3v) is 4.56. The third-order valence-electron chi connectivity index (χ3n) is 4.56. The highest BCUT2D eigenvalue weighted by molar-refractivity contribution is 5.73. The van der Waals surface area contributed by atoms with Gasteiger partial charge in [0.1, 0.15) is 0 Å². The summed E-state index contributed by atoms with van der Waals surface area (Å²) in [6.07, 6.45) is 25.4. The van der Waals surface area contributed by atoms with Gasteiger partial charge in [-0.25, -0.2) is 0 Å². The average Bonchev–Trinajstić information content (AvgIpc) is 2.60. The van der Waals surface area contributed by atoms with Gasteiger partial charge in [0.05, 0.1) is 0 Å². The van der Waals surface area contributed by atoms with Crippen molar-refractivity contribution in [3.8, 4) is 0 Å². The molecular weight excluding hydrogens is 294 g/mol. The summed E-state index contributed by atoms with van der Waals surface area (Å²) >= 11 is 0. The Labute approximate surface area is 153 Å². The standard InChI is InChI=1S/C22H43NO/c1-2-3-4-5-6-7-8-9-10-11-12-13-14-15-16-17-18-19-20-21-22(23)24/h9-10H,2-8,11-21H2,1H3,(H2,23,24)/b10-9-/i21D. The molecule has 0 aromatic heterocycles. The summed E-state index contributed by atoms with van der Waals surface area (Å²) < 4.78 is 7.44. The maximum absolute atomic E-state index is 10.7. The molecule has 2 heteroatoms. The highest BCUT2D eigenvalue weighted by atomic mass is 16.1. The quantitative estimate of drug-likeness (QED) is 0.199. The van der Waals surface area contributed by atoms with Crippen LogP contribution in [0.15, 0.2) is 12.2 Å². The smallest absolute Gasteiger partial charge is 0.217 e. The van der Waals surface area contributed by atoms with E-state index in [1.807, 2.05) is 0 Å². The van der Waals surface area contributed by atoms with Crippen molar-refractivity contribution in [1.82, 2.24) is 0 Å². The fourth-order valence-electron chi connectivity index (χ4n) is 2.99. The number of amides is 1. The van der Waals surface area contributed by atoms with E-state index in [2.05, 4.69) is 19.1 Å². The van der Waals surface area contributed by atoms with Crippen molar-refractivity contribution in [2.45, 2.75) is 122 Å². The largest absolute Gasteiger partial charge is 0.370 e. The van der Waals surface area contributed by atoms with E-state index < -0.39 is 12.3 Å². The van der Waals surface area contributed by atoms with Gasteiger partial charge in [-0.1, -0.05) is 96.1 Å². The Morgan fingerprint density at radius 1 is 0.708 bits per heavy atom. The number of hydrogen-bond donors (Lipinski definition) is 1. The summed E-state index contributed by atoms with van der Waals surface area (Å²) in [5, 5.41) is 0. The van der Waals surface area contributed by atoms with Gasteiger partial charge in [0.25, 0.3) is 0 Å². The van der Waals surface area contributed by atoms with E-state index in [0.717, 1.165) is 12.8 Å². The number of unbranched alkanes of at least 4 members (excludes halogenated alkanes) is 14. The molecule has 0 radical (unpaired) electrons. The van der Waals surface area contributed by atoms with Crippen LogP contribution in [0.3, 0.4) is 0 Å². The Kier molecular flexibility index (Phi) is 17.9. The van der Waals surface area contributed by atoms with Crippen LogP contribution >= 0.6 is 0 Å². The lowest BCUT2D eigenvalue weighted by atomic mass is 10.1. The van der Waals surface area contributed by atoms with E-state index >= 15 is 0 Å². The molecule has 0 spiro atoms. The predicted octanol–water partition coefficient (Wildman–Crippen LogP) is 7.07. The van der Waals surface area contributed by atoms with E-state index in [1.165, 1.54) is 89.9 Å². The summed E-state index contributed by atoms with van der Waals surface area (Å²) in [5.41, 5.74) is 5.08. The van der Waals surface area contributed by atoms with Crippen molar-refractivity contribution in [2.75, 3.05) is 0 Å². The Hall–Kier alpha value is -0.790. The number of carbonyl (C=O) groups excluding carboxylic acids is 1. The van der Waals surface area contributed by atoms with Crippen LogP contribution in [0.4, 0.5) is 0 Å². The van der Waals surface area contributed by atoms with Crippen LogP contribution in [0.5, 0.6) is 0 Å². The highest BCUT2D eigenvalue weighted by Crippen LogP contribution is 2.12. The number of rotatable bonds is 19. The van der Waals surface area contributed by atoms with Crippen molar-refractivity contribution in [1.29, 1.82) is 0 Å². The lowest BCUT2D eigenvalue weighted by Gasteiger charge is -2.01. The number of carbonyl (C=O) groups is 1.